The third kappa shape index (κ3) is 3.00. The largest absolute Gasteiger partial charge is 0.376 e. The van der Waals surface area contributed by atoms with Crippen LogP contribution < -0.4 is 0 Å². The topological polar surface area (TPSA) is 42.4 Å². The molecule has 1 aliphatic heterocycles. The molecule has 0 spiro atoms. The second-order valence-corrected chi connectivity index (χ2v) is 4.74. The molecule has 0 bridgehead atoms. The minimum atomic E-state index is -0.0552. The van der Waals surface area contributed by atoms with E-state index in [-0.39, 0.29) is 12.0 Å². The summed E-state index contributed by atoms with van der Waals surface area (Å²) >= 11 is 6.00. The second kappa shape index (κ2) is 6.16. The predicted molar refractivity (Wildman–Crippen MR) is 69.8 cm³/mol. The van der Waals surface area contributed by atoms with Gasteiger partial charge in [0.2, 0.25) is 0 Å². The van der Waals surface area contributed by atoms with Gasteiger partial charge in [0.1, 0.15) is 0 Å². The zero-order valence-electron chi connectivity index (χ0n) is 10.4. The first-order valence-electron chi connectivity index (χ1n) is 6.22. The number of halogens is 1. The van der Waals surface area contributed by atoms with Crippen molar-refractivity contribution in [2.75, 3.05) is 19.7 Å². The fourth-order valence-corrected chi connectivity index (χ4v) is 2.31. The summed E-state index contributed by atoms with van der Waals surface area (Å²) in [6, 6.07) is 1.66. The second-order valence-electron chi connectivity index (χ2n) is 4.33. The summed E-state index contributed by atoms with van der Waals surface area (Å²) < 4.78 is 5.56. The average Bonchev–Trinajstić information content (AvgIpc) is 2.88. The Morgan fingerprint density at radius 2 is 2.50 bits per heavy atom. The van der Waals surface area contributed by atoms with Gasteiger partial charge in [-0.25, -0.2) is 0 Å². The first kappa shape index (κ1) is 13.3. The number of amides is 1. The number of hydrogen-bond acceptors (Lipinski definition) is 3. The lowest BCUT2D eigenvalue weighted by atomic mass is 10.2. The number of nitrogens with zero attached hydrogens (tertiary/aromatic N) is 2. The zero-order chi connectivity index (χ0) is 13.0. The molecule has 1 unspecified atom stereocenters. The Hall–Kier alpha value is -1.13. The molecule has 0 N–H and O–H groups in total. The molecular formula is C13H17ClN2O2. The van der Waals surface area contributed by atoms with Gasteiger partial charge in [-0.3, -0.25) is 9.78 Å². The Labute approximate surface area is 112 Å². The molecule has 1 aliphatic rings. The first-order chi connectivity index (χ1) is 8.72. The van der Waals surface area contributed by atoms with Gasteiger partial charge in [0.05, 0.1) is 16.7 Å². The number of pyridine rings is 1. The summed E-state index contributed by atoms with van der Waals surface area (Å²) in [4.78, 5) is 18.0. The van der Waals surface area contributed by atoms with Crippen LogP contribution in [0.3, 0.4) is 0 Å². The van der Waals surface area contributed by atoms with Gasteiger partial charge >= 0.3 is 0 Å². The summed E-state index contributed by atoms with van der Waals surface area (Å²) in [5.41, 5.74) is 0.506. The SMILES string of the molecule is CCN(CC1CCCO1)C(=O)c1ccncc1Cl. The van der Waals surface area contributed by atoms with E-state index in [9.17, 15) is 4.79 Å². The summed E-state index contributed by atoms with van der Waals surface area (Å²) in [6.07, 6.45) is 5.34. The number of aromatic nitrogens is 1. The summed E-state index contributed by atoms with van der Waals surface area (Å²) in [5.74, 6) is -0.0552. The van der Waals surface area contributed by atoms with Crippen molar-refractivity contribution in [1.29, 1.82) is 0 Å². The highest BCUT2D eigenvalue weighted by atomic mass is 35.5. The van der Waals surface area contributed by atoms with Crippen LogP contribution in [0.25, 0.3) is 0 Å². The van der Waals surface area contributed by atoms with Crippen LogP contribution in [0.2, 0.25) is 5.02 Å². The van der Waals surface area contributed by atoms with E-state index in [4.69, 9.17) is 16.3 Å². The Kier molecular flexibility index (Phi) is 4.55. The van der Waals surface area contributed by atoms with Crippen molar-refractivity contribution in [3.05, 3.63) is 29.0 Å². The molecule has 1 amide bonds. The van der Waals surface area contributed by atoms with Crippen molar-refractivity contribution < 1.29 is 9.53 Å². The van der Waals surface area contributed by atoms with Gasteiger partial charge in [-0.1, -0.05) is 11.6 Å². The van der Waals surface area contributed by atoms with Crippen molar-refractivity contribution in [1.82, 2.24) is 9.88 Å². The van der Waals surface area contributed by atoms with Crippen LogP contribution >= 0.6 is 11.6 Å². The molecule has 1 atom stereocenters. The maximum atomic E-state index is 12.3. The minimum absolute atomic E-state index is 0.0552. The van der Waals surface area contributed by atoms with E-state index in [0.717, 1.165) is 19.4 Å². The predicted octanol–water partition coefficient (Wildman–Crippen LogP) is 2.38. The van der Waals surface area contributed by atoms with E-state index >= 15 is 0 Å². The number of likely N-dealkylation sites (N-methyl/N-ethyl adjacent to an activating group) is 1. The Bertz CT molecular complexity index is 419. The number of ether oxygens (including phenoxy) is 1. The van der Waals surface area contributed by atoms with E-state index in [2.05, 4.69) is 4.98 Å². The van der Waals surface area contributed by atoms with Gasteiger partial charge in [0.25, 0.3) is 5.91 Å². The fourth-order valence-electron chi connectivity index (χ4n) is 2.11. The highest BCUT2D eigenvalue weighted by Crippen LogP contribution is 2.18. The molecule has 2 rings (SSSR count). The molecular weight excluding hydrogens is 252 g/mol. The summed E-state index contributed by atoms with van der Waals surface area (Å²) in [7, 11) is 0. The van der Waals surface area contributed by atoms with Gasteiger partial charge in [0.15, 0.2) is 0 Å². The minimum Gasteiger partial charge on any atom is -0.376 e. The summed E-state index contributed by atoms with van der Waals surface area (Å²) in [6.45, 7) is 4.04. The molecule has 1 aromatic rings. The third-order valence-corrected chi connectivity index (χ3v) is 3.42. The van der Waals surface area contributed by atoms with E-state index < -0.39 is 0 Å². The number of hydrogen-bond donors (Lipinski definition) is 0. The molecule has 0 aliphatic carbocycles. The number of rotatable bonds is 4. The molecule has 0 aromatic carbocycles. The fraction of sp³-hybridized carbons (Fsp3) is 0.538. The van der Waals surface area contributed by atoms with Crippen molar-refractivity contribution in [2.24, 2.45) is 0 Å². The number of carbonyl (C=O) groups excluding carboxylic acids is 1. The van der Waals surface area contributed by atoms with Crippen LogP contribution in [-0.2, 0) is 4.74 Å². The Morgan fingerprint density at radius 3 is 3.11 bits per heavy atom. The standard InChI is InChI=1S/C13H17ClN2O2/c1-2-16(9-10-4-3-7-18-10)13(17)11-5-6-15-8-12(11)14/h5-6,8,10H,2-4,7,9H2,1H3. The van der Waals surface area contributed by atoms with E-state index in [1.54, 1.807) is 17.2 Å². The van der Waals surface area contributed by atoms with Crippen LogP contribution in [0.4, 0.5) is 0 Å². The molecule has 5 heteroatoms. The maximum Gasteiger partial charge on any atom is 0.255 e. The Balaban J connectivity index is 2.07. The van der Waals surface area contributed by atoms with Crippen molar-refractivity contribution >= 4 is 17.5 Å². The molecule has 0 radical (unpaired) electrons. The molecule has 2 heterocycles. The molecule has 1 saturated heterocycles. The van der Waals surface area contributed by atoms with E-state index in [1.807, 2.05) is 6.92 Å². The van der Waals surface area contributed by atoms with Crippen LogP contribution in [0.1, 0.15) is 30.1 Å². The average molecular weight is 269 g/mol. The van der Waals surface area contributed by atoms with Crippen molar-refractivity contribution in [3.63, 3.8) is 0 Å². The van der Waals surface area contributed by atoms with Gasteiger partial charge in [-0.15, -0.1) is 0 Å². The van der Waals surface area contributed by atoms with Gasteiger partial charge in [-0.05, 0) is 25.8 Å². The molecule has 1 aromatic heterocycles. The van der Waals surface area contributed by atoms with Gasteiger partial charge in [-0.2, -0.15) is 0 Å². The first-order valence-corrected chi connectivity index (χ1v) is 6.60. The zero-order valence-corrected chi connectivity index (χ0v) is 11.2. The number of carbonyl (C=O) groups is 1. The van der Waals surface area contributed by atoms with E-state index in [1.165, 1.54) is 6.20 Å². The quantitative estimate of drug-likeness (QED) is 0.842. The molecule has 4 nitrogen and oxygen atoms in total. The molecule has 98 valence electrons. The highest BCUT2D eigenvalue weighted by molar-refractivity contribution is 6.33. The van der Waals surface area contributed by atoms with Crippen molar-refractivity contribution in [2.45, 2.75) is 25.9 Å². The summed E-state index contributed by atoms with van der Waals surface area (Å²) in [5, 5.41) is 0.397. The van der Waals surface area contributed by atoms with Gasteiger partial charge < -0.3 is 9.64 Å². The van der Waals surface area contributed by atoms with Crippen LogP contribution in [0.5, 0.6) is 0 Å². The van der Waals surface area contributed by atoms with E-state index in [0.29, 0.717) is 23.7 Å². The highest BCUT2D eigenvalue weighted by Gasteiger charge is 2.23. The van der Waals surface area contributed by atoms with Crippen LogP contribution in [0, 0.1) is 0 Å². The lowest BCUT2D eigenvalue weighted by Crippen LogP contribution is -2.37. The monoisotopic (exact) mass is 268 g/mol. The van der Waals surface area contributed by atoms with Crippen molar-refractivity contribution in [3.8, 4) is 0 Å². The normalized spacial score (nSPS) is 18.9. The van der Waals surface area contributed by atoms with Crippen LogP contribution in [0.15, 0.2) is 18.5 Å². The lowest BCUT2D eigenvalue weighted by molar-refractivity contribution is 0.0539. The smallest absolute Gasteiger partial charge is 0.255 e. The molecule has 0 saturated carbocycles. The molecule has 1 fully saturated rings. The maximum absolute atomic E-state index is 12.3. The van der Waals surface area contributed by atoms with Gasteiger partial charge in [0, 0.05) is 32.1 Å². The Morgan fingerprint density at radius 1 is 1.67 bits per heavy atom. The molecule has 18 heavy (non-hydrogen) atoms. The van der Waals surface area contributed by atoms with Crippen LogP contribution in [-0.4, -0.2) is 41.6 Å². The lowest BCUT2D eigenvalue weighted by Gasteiger charge is -2.24. The third-order valence-electron chi connectivity index (χ3n) is 3.12.